The van der Waals surface area contributed by atoms with E-state index < -0.39 is 5.92 Å². The molecule has 1 N–H and O–H groups in total. The van der Waals surface area contributed by atoms with Crippen molar-refractivity contribution in [1.29, 1.82) is 0 Å². The second-order valence-electron chi connectivity index (χ2n) is 6.38. The van der Waals surface area contributed by atoms with E-state index in [1.807, 2.05) is 62.4 Å². The highest BCUT2D eigenvalue weighted by Gasteiger charge is 2.37. The lowest BCUT2D eigenvalue weighted by atomic mass is 10.1. The summed E-state index contributed by atoms with van der Waals surface area (Å²) in [4.78, 5) is 26.7. The predicted molar refractivity (Wildman–Crippen MR) is 94.7 cm³/mol. The van der Waals surface area contributed by atoms with Crippen LogP contribution in [0.3, 0.4) is 0 Å². The topological polar surface area (TPSA) is 49.4 Å². The summed E-state index contributed by atoms with van der Waals surface area (Å²) >= 11 is 0. The number of hydrogen-bond acceptors (Lipinski definition) is 2. The Kier molecular flexibility index (Phi) is 4.65. The van der Waals surface area contributed by atoms with Crippen LogP contribution < -0.4 is 10.2 Å². The Hall–Kier alpha value is -2.62. The van der Waals surface area contributed by atoms with Crippen molar-refractivity contribution in [2.24, 2.45) is 5.92 Å². The van der Waals surface area contributed by atoms with Gasteiger partial charge in [0.05, 0.1) is 0 Å². The maximum absolute atomic E-state index is 12.6. The molecule has 1 fully saturated rings. The third-order valence-corrected chi connectivity index (χ3v) is 4.38. The quantitative estimate of drug-likeness (QED) is 0.880. The van der Waals surface area contributed by atoms with Crippen LogP contribution in [0.5, 0.6) is 0 Å². The Balaban J connectivity index is 1.63. The largest absolute Gasteiger partial charge is 0.351 e. The van der Waals surface area contributed by atoms with Crippen LogP contribution in [-0.4, -0.2) is 18.4 Å². The van der Waals surface area contributed by atoms with Gasteiger partial charge in [-0.05, 0) is 43.5 Å². The van der Waals surface area contributed by atoms with Crippen molar-refractivity contribution in [3.63, 3.8) is 0 Å². The molecule has 0 spiro atoms. The zero-order valence-corrected chi connectivity index (χ0v) is 14.1. The summed E-state index contributed by atoms with van der Waals surface area (Å²) in [5, 5.41) is 2.90. The average molecular weight is 322 g/mol. The van der Waals surface area contributed by atoms with E-state index in [2.05, 4.69) is 5.32 Å². The van der Waals surface area contributed by atoms with Gasteiger partial charge in [0.25, 0.3) is 0 Å². The summed E-state index contributed by atoms with van der Waals surface area (Å²) in [5.41, 5.74) is 4.18. The molecular weight excluding hydrogens is 300 g/mol. The molecule has 0 aliphatic carbocycles. The monoisotopic (exact) mass is 322 g/mol. The SMILES string of the molecule is Cc1cccc(CNC(=O)[C@@H]2CCN(c3cccc(C)c3)C2=O)c1. The van der Waals surface area contributed by atoms with E-state index >= 15 is 0 Å². The molecule has 1 aliphatic heterocycles. The number of rotatable bonds is 4. The molecule has 4 nitrogen and oxygen atoms in total. The number of anilines is 1. The highest BCUT2D eigenvalue weighted by Crippen LogP contribution is 2.26. The van der Waals surface area contributed by atoms with Gasteiger partial charge in [0.1, 0.15) is 5.92 Å². The van der Waals surface area contributed by atoms with Crippen molar-refractivity contribution >= 4 is 17.5 Å². The number of amides is 2. The number of benzene rings is 2. The number of carbonyl (C=O) groups is 2. The third-order valence-electron chi connectivity index (χ3n) is 4.38. The highest BCUT2D eigenvalue weighted by atomic mass is 16.2. The zero-order chi connectivity index (χ0) is 17.1. The summed E-state index contributed by atoms with van der Waals surface area (Å²) < 4.78 is 0. The molecule has 0 aromatic heterocycles. The molecule has 1 aliphatic rings. The number of carbonyl (C=O) groups excluding carboxylic acids is 2. The molecule has 0 unspecified atom stereocenters. The van der Waals surface area contributed by atoms with E-state index in [-0.39, 0.29) is 11.8 Å². The molecule has 0 radical (unpaired) electrons. The van der Waals surface area contributed by atoms with Crippen LogP contribution in [0.25, 0.3) is 0 Å². The summed E-state index contributed by atoms with van der Waals surface area (Å²) in [6, 6.07) is 15.8. The van der Waals surface area contributed by atoms with Gasteiger partial charge in [0.2, 0.25) is 11.8 Å². The van der Waals surface area contributed by atoms with Crippen LogP contribution in [0.2, 0.25) is 0 Å². The fourth-order valence-corrected chi connectivity index (χ4v) is 3.11. The van der Waals surface area contributed by atoms with Crippen molar-refractivity contribution in [2.75, 3.05) is 11.4 Å². The van der Waals surface area contributed by atoms with E-state index in [1.165, 1.54) is 0 Å². The molecule has 0 bridgehead atoms. The number of hydrogen-bond donors (Lipinski definition) is 1. The first-order valence-corrected chi connectivity index (χ1v) is 8.26. The van der Waals surface area contributed by atoms with Crippen molar-refractivity contribution in [3.05, 3.63) is 65.2 Å². The standard InChI is InChI=1S/C20H22N2O2/c1-14-5-3-7-16(11-14)13-21-19(23)18-9-10-22(20(18)24)17-8-4-6-15(2)12-17/h3-8,11-12,18H,9-10,13H2,1-2H3,(H,21,23)/t18-/m0/s1. The third kappa shape index (κ3) is 3.48. The summed E-state index contributed by atoms with van der Waals surface area (Å²) in [7, 11) is 0. The molecule has 4 heteroatoms. The first-order chi connectivity index (χ1) is 11.5. The van der Waals surface area contributed by atoms with Crippen LogP contribution in [0.4, 0.5) is 5.69 Å². The highest BCUT2D eigenvalue weighted by molar-refractivity contribution is 6.09. The molecule has 2 amide bonds. The van der Waals surface area contributed by atoms with Crippen LogP contribution >= 0.6 is 0 Å². The smallest absolute Gasteiger partial charge is 0.239 e. The minimum absolute atomic E-state index is 0.109. The van der Waals surface area contributed by atoms with Crippen molar-refractivity contribution in [1.82, 2.24) is 5.32 Å². The van der Waals surface area contributed by atoms with Crippen LogP contribution in [0.1, 0.15) is 23.1 Å². The van der Waals surface area contributed by atoms with Gasteiger partial charge in [0.15, 0.2) is 0 Å². The second kappa shape index (κ2) is 6.87. The lowest BCUT2D eigenvalue weighted by Gasteiger charge is -2.17. The average Bonchev–Trinajstić information content (AvgIpc) is 2.94. The molecule has 1 saturated heterocycles. The maximum Gasteiger partial charge on any atom is 0.239 e. The first-order valence-electron chi connectivity index (χ1n) is 8.26. The number of nitrogens with one attached hydrogen (secondary N) is 1. The predicted octanol–water partition coefficient (Wildman–Crippen LogP) is 2.97. The van der Waals surface area contributed by atoms with Crippen LogP contribution in [-0.2, 0) is 16.1 Å². The van der Waals surface area contributed by atoms with Gasteiger partial charge in [-0.1, -0.05) is 42.0 Å². The van der Waals surface area contributed by atoms with E-state index in [9.17, 15) is 9.59 Å². The molecule has 24 heavy (non-hydrogen) atoms. The Labute approximate surface area is 142 Å². The van der Waals surface area contributed by atoms with Gasteiger partial charge in [-0.2, -0.15) is 0 Å². The molecule has 0 saturated carbocycles. The van der Waals surface area contributed by atoms with Crippen molar-refractivity contribution < 1.29 is 9.59 Å². The van der Waals surface area contributed by atoms with Gasteiger partial charge in [-0.3, -0.25) is 9.59 Å². The molecule has 2 aromatic rings. The molecule has 2 aromatic carbocycles. The summed E-state index contributed by atoms with van der Waals surface area (Å²) in [6.07, 6.45) is 0.562. The Morgan fingerprint density at radius 2 is 1.83 bits per heavy atom. The normalized spacial score (nSPS) is 17.2. The maximum atomic E-state index is 12.6. The van der Waals surface area contributed by atoms with E-state index in [1.54, 1.807) is 4.90 Å². The lowest BCUT2D eigenvalue weighted by Crippen LogP contribution is -2.36. The van der Waals surface area contributed by atoms with Crippen LogP contribution in [0, 0.1) is 19.8 Å². The molecule has 124 valence electrons. The van der Waals surface area contributed by atoms with Crippen LogP contribution in [0.15, 0.2) is 48.5 Å². The van der Waals surface area contributed by atoms with Crippen molar-refractivity contribution in [2.45, 2.75) is 26.8 Å². The molecule has 1 atom stereocenters. The minimum Gasteiger partial charge on any atom is -0.351 e. The number of nitrogens with zero attached hydrogens (tertiary/aromatic N) is 1. The first kappa shape index (κ1) is 16.2. The van der Waals surface area contributed by atoms with E-state index in [0.717, 1.165) is 22.4 Å². The minimum atomic E-state index is -0.588. The molecule has 3 rings (SSSR count). The molecule has 1 heterocycles. The Morgan fingerprint density at radius 3 is 2.54 bits per heavy atom. The number of aryl methyl sites for hydroxylation is 2. The van der Waals surface area contributed by atoms with Gasteiger partial charge >= 0.3 is 0 Å². The van der Waals surface area contributed by atoms with Gasteiger partial charge in [-0.25, -0.2) is 0 Å². The van der Waals surface area contributed by atoms with Crippen molar-refractivity contribution in [3.8, 4) is 0 Å². The summed E-state index contributed by atoms with van der Waals surface area (Å²) in [6.45, 7) is 5.06. The van der Waals surface area contributed by atoms with Gasteiger partial charge in [-0.15, -0.1) is 0 Å². The fraction of sp³-hybridized carbons (Fsp3) is 0.300. The summed E-state index contributed by atoms with van der Waals surface area (Å²) in [5.74, 6) is -0.880. The van der Waals surface area contributed by atoms with Gasteiger partial charge < -0.3 is 10.2 Å². The Bertz CT molecular complexity index is 770. The lowest BCUT2D eigenvalue weighted by molar-refractivity contribution is -0.132. The van der Waals surface area contributed by atoms with E-state index in [4.69, 9.17) is 0 Å². The zero-order valence-electron chi connectivity index (χ0n) is 14.1. The Morgan fingerprint density at radius 1 is 1.12 bits per heavy atom. The second-order valence-corrected chi connectivity index (χ2v) is 6.38. The fourth-order valence-electron chi connectivity index (χ4n) is 3.11. The van der Waals surface area contributed by atoms with Gasteiger partial charge in [0, 0.05) is 18.8 Å². The van der Waals surface area contributed by atoms with E-state index in [0.29, 0.717) is 19.5 Å². The molecular formula is C20H22N2O2.